The van der Waals surface area contributed by atoms with Gasteiger partial charge in [0.25, 0.3) is 0 Å². The SMILES string of the molecule is CC1(c2cc(Cl)cc(Cl)c2)CC(C)(c2cc(Cl)cc(Cl)c2)c2ccccc21. The highest BCUT2D eigenvalue weighted by Crippen LogP contribution is 2.56. The first-order valence-electron chi connectivity index (χ1n) is 8.75. The standard InChI is InChI=1S/C23H18Cl4/c1-22(14-7-16(24)11-17(25)8-14)13-23(2,21-6-4-3-5-20(21)22)15-9-18(26)12-19(27)10-15/h3-12H,13H2,1-2H3. The van der Waals surface area contributed by atoms with Crippen molar-refractivity contribution in [3.63, 3.8) is 0 Å². The molecule has 3 aromatic rings. The molecule has 0 saturated carbocycles. The van der Waals surface area contributed by atoms with E-state index in [9.17, 15) is 0 Å². The first-order valence-corrected chi connectivity index (χ1v) is 10.3. The molecule has 0 N–H and O–H groups in total. The molecule has 0 saturated heterocycles. The van der Waals surface area contributed by atoms with Gasteiger partial charge in [-0.2, -0.15) is 0 Å². The van der Waals surface area contributed by atoms with Crippen molar-refractivity contribution < 1.29 is 0 Å². The fourth-order valence-electron chi connectivity index (χ4n) is 4.60. The van der Waals surface area contributed by atoms with Gasteiger partial charge in [0.15, 0.2) is 0 Å². The predicted octanol–water partition coefficient (Wildman–Crippen LogP) is 8.32. The molecular weight excluding hydrogens is 418 g/mol. The summed E-state index contributed by atoms with van der Waals surface area (Å²) < 4.78 is 0. The van der Waals surface area contributed by atoms with Crippen molar-refractivity contribution in [2.75, 3.05) is 0 Å². The van der Waals surface area contributed by atoms with Crippen LogP contribution in [0.1, 0.15) is 42.5 Å². The quantitative estimate of drug-likeness (QED) is 0.379. The van der Waals surface area contributed by atoms with Gasteiger partial charge in [-0.05, 0) is 65.1 Å². The van der Waals surface area contributed by atoms with Crippen LogP contribution in [0.2, 0.25) is 20.1 Å². The highest BCUT2D eigenvalue weighted by molar-refractivity contribution is 6.35. The van der Waals surface area contributed by atoms with Crippen molar-refractivity contribution in [2.45, 2.75) is 31.1 Å². The van der Waals surface area contributed by atoms with Gasteiger partial charge in [-0.15, -0.1) is 0 Å². The molecule has 2 atom stereocenters. The van der Waals surface area contributed by atoms with Crippen molar-refractivity contribution in [3.8, 4) is 0 Å². The van der Waals surface area contributed by atoms with Crippen LogP contribution >= 0.6 is 46.4 Å². The van der Waals surface area contributed by atoms with Crippen molar-refractivity contribution in [1.29, 1.82) is 0 Å². The van der Waals surface area contributed by atoms with E-state index in [0.717, 1.165) is 17.5 Å². The zero-order valence-corrected chi connectivity index (χ0v) is 18.0. The molecule has 0 nitrogen and oxygen atoms in total. The van der Waals surface area contributed by atoms with E-state index in [1.165, 1.54) is 11.1 Å². The van der Waals surface area contributed by atoms with Gasteiger partial charge >= 0.3 is 0 Å². The minimum Gasteiger partial charge on any atom is -0.0843 e. The molecule has 0 aliphatic heterocycles. The summed E-state index contributed by atoms with van der Waals surface area (Å²) in [5.41, 5.74) is 4.33. The first-order chi connectivity index (χ1) is 12.7. The minimum atomic E-state index is -0.228. The van der Waals surface area contributed by atoms with E-state index in [2.05, 4.69) is 38.1 Å². The Morgan fingerprint density at radius 2 is 0.926 bits per heavy atom. The average Bonchev–Trinajstić information content (AvgIpc) is 2.84. The third-order valence-electron chi connectivity index (χ3n) is 5.82. The Balaban J connectivity index is 1.96. The molecular formula is C23H18Cl4. The number of benzene rings is 3. The molecule has 0 amide bonds. The molecule has 1 aliphatic rings. The predicted molar refractivity (Wildman–Crippen MR) is 117 cm³/mol. The van der Waals surface area contributed by atoms with E-state index < -0.39 is 0 Å². The molecule has 0 aromatic heterocycles. The summed E-state index contributed by atoms with van der Waals surface area (Å²) in [5.74, 6) is 0. The van der Waals surface area contributed by atoms with Crippen LogP contribution in [0.5, 0.6) is 0 Å². The third kappa shape index (κ3) is 3.17. The Morgan fingerprint density at radius 3 is 1.26 bits per heavy atom. The first kappa shape index (κ1) is 19.2. The number of halogens is 4. The molecule has 2 unspecified atom stereocenters. The monoisotopic (exact) mass is 434 g/mol. The number of hydrogen-bond acceptors (Lipinski definition) is 0. The molecule has 1 aliphatic carbocycles. The maximum Gasteiger partial charge on any atom is 0.0423 e. The van der Waals surface area contributed by atoms with E-state index >= 15 is 0 Å². The Bertz CT molecular complexity index is 919. The van der Waals surface area contributed by atoms with Crippen LogP contribution in [0.25, 0.3) is 0 Å². The van der Waals surface area contributed by atoms with Gasteiger partial charge in [0.05, 0.1) is 0 Å². The molecule has 4 rings (SSSR count). The molecule has 0 heterocycles. The normalized spacial score (nSPS) is 24.1. The van der Waals surface area contributed by atoms with Gasteiger partial charge in [0.1, 0.15) is 0 Å². The van der Waals surface area contributed by atoms with E-state index in [1.807, 2.05) is 24.3 Å². The summed E-state index contributed by atoms with van der Waals surface area (Å²) in [7, 11) is 0. The molecule has 0 bridgehead atoms. The van der Waals surface area contributed by atoms with Crippen LogP contribution < -0.4 is 0 Å². The second-order valence-corrected chi connectivity index (χ2v) is 9.45. The molecule has 27 heavy (non-hydrogen) atoms. The number of fused-ring (bicyclic) bond motifs is 1. The molecule has 0 fully saturated rings. The molecule has 4 heteroatoms. The van der Waals surface area contributed by atoms with Gasteiger partial charge in [-0.25, -0.2) is 0 Å². The zero-order chi connectivity index (χ0) is 19.4. The topological polar surface area (TPSA) is 0 Å². The van der Waals surface area contributed by atoms with Crippen molar-refractivity contribution >= 4 is 46.4 Å². The Morgan fingerprint density at radius 1 is 0.593 bits per heavy atom. The highest BCUT2D eigenvalue weighted by Gasteiger charge is 2.49. The summed E-state index contributed by atoms with van der Waals surface area (Å²) in [5, 5.41) is 2.59. The van der Waals surface area contributed by atoms with Crippen molar-refractivity contribution in [1.82, 2.24) is 0 Å². The van der Waals surface area contributed by atoms with Crippen LogP contribution in [0, 0.1) is 0 Å². The molecule has 138 valence electrons. The van der Waals surface area contributed by atoms with E-state index in [4.69, 9.17) is 46.4 Å². The Kier molecular flexibility index (Phi) is 4.76. The molecule has 0 radical (unpaired) electrons. The van der Waals surface area contributed by atoms with E-state index in [1.54, 1.807) is 12.1 Å². The largest absolute Gasteiger partial charge is 0.0843 e. The van der Waals surface area contributed by atoms with Gasteiger partial charge in [0, 0.05) is 30.9 Å². The van der Waals surface area contributed by atoms with Gasteiger partial charge < -0.3 is 0 Å². The third-order valence-corrected chi connectivity index (χ3v) is 6.70. The van der Waals surface area contributed by atoms with E-state index in [-0.39, 0.29) is 10.8 Å². The summed E-state index contributed by atoms with van der Waals surface area (Å²) >= 11 is 25.3. The average molecular weight is 436 g/mol. The lowest BCUT2D eigenvalue weighted by atomic mass is 9.72. The van der Waals surface area contributed by atoms with Crippen molar-refractivity contribution in [2.24, 2.45) is 0 Å². The van der Waals surface area contributed by atoms with Gasteiger partial charge in [0.2, 0.25) is 0 Å². The lowest BCUT2D eigenvalue weighted by Gasteiger charge is -2.31. The highest BCUT2D eigenvalue weighted by atomic mass is 35.5. The Hall–Kier alpha value is -1.18. The summed E-state index contributed by atoms with van der Waals surface area (Å²) in [6, 6.07) is 20.2. The zero-order valence-electron chi connectivity index (χ0n) is 15.0. The summed E-state index contributed by atoms with van der Waals surface area (Å²) in [6.07, 6.45) is 0.868. The van der Waals surface area contributed by atoms with Crippen LogP contribution in [0.4, 0.5) is 0 Å². The second kappa shape index (κ2) is 6.71. The fraction of sp³-hybridized carbons (Fsp3) is 0.217. The maximum atomic E-state index is 6.33. The second-order valence-electron chi connectivity index (χ2n) is 7.70. The fourth-order valence-corrected chi connectivity index (χ4v) is 5.66. The molecule has 0 spiro atoms. The van der Waals surface area contributed by atoms with Gasteiger partial charge in [-0.1, -0.05) is 84.5 Å². The van der Waals surface area contributed by atoms with Gasteiger partial charge in [-0.3, -0.25) is 0 Å². The van der Waals surface area contributed by atoms with Crippen LogP contribution in [-0.2, 0) is 10.8 Å². The smallest absolute Gasteiger partial charge is 0.0423 e. The molecule has 3 aromatic carbocycles. The summed E-state index contributed by atoms with van der Waals surface area (Å²) in [4.78, 5) is 0. The van der Waals surface area contributed by atoms with Crippen LogP contribution in [0.3, 0.4) is 0 Å². The minimum absolute atomic E-state index is 0.228. The van der Waals surface area contributed by atoms with Crippen LogP contribution in [-0.4, -0.2) is 0 Å². The Labute approximate surface area is 180 Å². The number of hydrogen-bond donors (Lipinski definition) is 0. The lowest BCUT2D eigenvalue weighted by molar-refractivity contribution is 0.450. The van der Waals surface area contributed by atoms with Crippen molar-refractivity contribution in [3.05, 3.63) is 103 Å². The number of rotatable bonds is 2. The summed E-state index contributed by atoms with van der Waals surface area (Å²) in [6.45, 7) is 4.51. The maximum absolute atomic E-state index is 6.33. The van der Waals surface area contributed by atoms with E-state index in [0.29, 0.717) is 20.1 Å². The van der Waals surface area contributed by atoms with Crippen LogP contribution in [0.15, 0.2) is 60.7 Å². The lowest BCUT2D eigenvalue weighted by Crippen LogP contribution is -2.26.